The van der Waals surface area contributed by atoms with Crippen molar-refractivity contribution >= 4 is 24.0 Å². The van der Waals surface area contributed by atoms with Gasteiger partial charge in [0, 0.05) is 20.3 Å². The molecule has 0 aliphatic carbocycles. The molecule has 0 spiro atoms. The minimum absolute atomic E-state index is 0.605. The molecule has 0 aromatic heterocycles. The quantitative estimate of drug-likeness (QED) is 0.244. The number of hydrogen-bond acceptors (Lipinski definition) is 9. The summed E-state index contributed by atoms with van der Waals surface area (Å²) in [5, 5.41) is 12.3. The Morgan fingerprint density at radius 3 is 2.12 bits per heavy atom. The van der Waals surface area contributed by atoms with E-state index in [4.69, 9.17) is 14.2 Å². The van der Waals surface area contributed by atoms with Crippen molar-refractivity contribution in [2.75, 3.05) is 7.11 Å². The van der Waals surface area contributed by atoms with Crippen LogP contribution in [0.3, 0.4) is 0 Å². The third-order valence-electron chi connectivity index (χ3n) is 2.95. The van der Waals surface area contributed by atoms with Gasteiger partial charge in [0.15, 0.2) is 5.57 Å². The number of carbonyl (C=O) groups excluding carboxylic acids is 4. The summed E-state index contributed by atoms with van der Waals surface area (Å²) in [5.41, 5.74) is -1.59. The van der Waals surface area contributed by atoms with Crippen LogP contribution in [0.4, 0.5) is 4.79 Å². The number of ether oxygens (including phenoxy) is 4. The molecule has 1 fully saturated rings. The van der Waals surface area contributed by atoms with E-state index >= 15 is 0 Å². The van der Waals surface area contributed by atoms with Gasteiger partial charge in [-0.05, 0) is 20.8 Å². The first-order valence-electron chi connectivity index (χ1n) is 7.72. The molecule has 10 nitrogen and oxygen atoms in total. The minimum atomic E-state index is -1.48. The van der Waals surface area contributed by atoms with Gasteiger partial charge in [0.05, 0.1) is 7.11 Å². The average Bonchev–Trinajstić information content (AvgIpc) is 2.41. The minimum Gasteiger partial charge on any atom is -0.511 e. The Labute approximate surface area is 150 Å². The topological polar surface area (TPSA) is 137 Å². The van der Waals surface area contributed by atoms with Crippen LogP contribution in [0.1, 0.15) is 41.0 Å². The molecular formula is C16H23NO9. The molecule has 1 aliphatic heterocycles. The van der Waals surface area contributed by atoms with Crippen LogP contribution in [0.25, 0.3) is 0 Å². The summed E-state index contributed by atoms with van der Waals surface area (Å²) >= 11 is 0. The van der Waals surface area contributed by atoms with Gasteiger partial charge in [0.2, 0.25) is 0 Å². The van der Waals surface area contributed by atoms with E-state index in [0.29, 0.717) is 0 Å². The highest BCUT2D eigenvalue weighted by Crippen LogP contribution is 2.25. The molecule has 0 aromatic rings. The van der Waals surface area contributed by atoms with Crippen LogP contribution >= 0.6 is 0 Å². The Kier molecular flexibility index (Phi) is 6.24. The van der Waals surface area contributed by atoms with Crippen molar-refractivity contribution in [2.24, 2.45) is 0 Å². The molecule has 1 heterocycles. The summed E-state index contributed by atoms with van der Waals surface area (Å²) in [6.07, 6.45) is -1.55. The van der Waals surface area contributed by atoms with Crippen molar-refractivity contribution in [3.63, 3.8) is 0 Å². The molecule has 1 saturated heterocycles. The lowest BCUT2D eigenvalue weighted by Crippen LogP contribution is -2.45. The molecule has 2 N–H and O–H groups in total. The average molecular weight is 373 g/mol. The van der Waals surface area contributed by atoms with Crippen molar-refractivity contribution in [1.82, 2.24) is 5.32 Å². The summed E-state index contributed by atoms with van der Waals surface area (Å²) in [6, 6.07) is -1.40. The molecule has 1 atom stereocenters. The first-order valence-corrected chi connectivity index (χ1v) is 7.72. The SMILES string of the molecule is COC(=O)[C@H](CC(O)=C1C(=O)OC(C)(C)OC1=O)NC(=O)OC(C)(C)C. The number of cyclic esters (lactones) is 2. The Morgan fingerprint density at radius 2 is 1.69 bits per heavy atom. The van der Waals surface area contributed by atoms with Gasteiger partial charge in [-0.25, -0.2) is 19.2 Å². The maximum absolute atomic E-state index is 11.9. The molecule has 1 amide bonds. The lowest BCUT2D eigenvalue weighted by molar-refractivity contribution is -0.222. The molecule has 1 aliphatic rings. The van der Waals surface area contributed by atoms with E-state index in [1.165, 1.54) is 13.8 Å². The number of esters is 3. The standard InChI is InChI=1S/C16H23NO9/c1-15(2,3)26-14(22)17-8(11(19)23-6)7-9(18)10-12(20)24-16(4,5)25-13(10)21/h8,18H,7H2,1-6H3,(H,17,22)/t8-/m0/s1. The number of rotatable bonds is 4. The molecule has 0 unspecified atom stereocenters. The van der Waals surface area contributed by atoms with Crippen LogP contribution in [0, 0.1) is 0 Å². The Hall–Kier alpha value is -2.78. The molecule has 10 heteroatoms. The van der Waals surface area contributed by atoms with Gasteiger partial charge in [-0.1, -0.05) is 0 Å². The van der Waals surface area contributed by atoms with E-state index in [1.807, 2.05) is 0 Å². The van der Waals surface area contributed by atoms with Crippen LogP contribution in [0.5, 0.6) is 0 Å². The molecule has 146 valence electrons. The second kappa shape index (κ2) is 7.63. The number of hydrogen-bond donors (Lipinski definition) is 2. The highest BCUT2D eigenvalue weighted by Gasteiger charge is 2.42. The Balaban J connectivity index is 3.00. The first-order chi connectivity index (χ1) is 11.8. The van der Waals surface area contributed by atoms with Crippen molar-refractivity contribution in [2.45, 2.75) is 58.5 Å². The number of aliphatic hydroxyl groups excluding tert-OH is 1. The molecule has 26 heavy (non-hydrogen) atoms. The third-order valence-corrected chi connectivity index (χ3v) is 2.95. The van der Waals surface area contributed by atoms with E-state index in [9.17, 15) is 24.3 Å². The van der Waals surface area contributed by atoms with Crippen LogP contribution < -0.4 is 5.32 Å². The van der Waals surface area contributed by atoms with E-state index in [-0.39, 0.29) is 0 Å². The lowest BCUT2D eigenvalue weighted by Gasteiger charge is -2.30. The Bertz CT molecular complexity index is 621. The first kappa shape index (κ1) is 21.3. The monoisotopic (exact) mass is 373 g/mol. The normalized spacial score (nSPS) is 17.5. The summed E-state index contributed by atoms with van der Waals surface area (Å²) < 4.78 is 19.3. The molecule has 0 aromatic carbocycles. The van der Waals surface area contributed by atoms with Gasteiger partial charge in [0.1, 0.15) is 17.4 Å². The highest BCUT2D eigenvalue weighted by molar-refractivity contribution is 6.15. The summed E-state index contributed by atoms with van der Waals surface area (Å²) in [6.45, 7) is 7.55. The fraction of sp³-hybridized carbons (Fsp3) is 0.625. The zero-order valence-corrected chi connectivity index (χ0v) is 15.5. The second-order valence-electron chi connectivity index (χ2n) is 6.93. The van der Waals surface area contributed by atoms with Crippen molar-refractivity contribution in [3.8, 4) is 0 Å². The van der Waals surface area contributed by atoms with Crippen LogP contribution in [0.2, 0.25) is 0 Å². The predicted octanol–water partition coefficient (Wildman–Crippen LogP) is 1.09. The van der Waals surface area contributed by atoms with Crippen LogP contribution in [0.15, 0.2) is 11.3 Å². The zero-order valence-electron chi connectivity index (χ0n) is 15.5. The van der Waals surface area contributed by atoms with E-state index in [1.54, 1.807) is 20.8 Å². The van der Waals surface area contributed by atoms with E-state index in [2.05, 4.69) is 10.1 Å². The lowest BCUT2D eigenvalue weighted by atomic mass is 10.1. The summed E-state index contributed by atoms with van der Waals surface area (Å²) in [4.78, 5) is 47.5. The Morgan fingerprint density at radius 1 is 1.19 bits per heavy atom. The number of alkyl carbamates (subject to hydrolysis) is 1. The maximum Gasteiger partial charge on any atom is 0.408 e. The molecular weight excluding hydrogens is 350 g/mol. The molecule has 0 bridgehead atoms. The number of carbonyl (C=O) groups is 4. The molecule has 1 rings (SSSR count). The zero-order chi connectivity index (χ0) is 20.3. The molecule has 0 radical (unpaired) electrons. The smallest absolute Gasteiger partial charge is 0.408 e. The fourth-order valence-corrected chi connectivity index (χ4v) is 1.97. The van der Waals surface area contributed by atoms with Gasteiger partial charge >= 0.3 is 24.0 Å². The van der Waals surface area contributed by atoms with E-state index in [0.717, 1.165) is 7.11 Å². The number of amides is 1. The largest absolute Gasteiger partial charge is 0.511 e. The van der Waals surface area contributed by atoms with Crippen LogP contribution in [-0.4, -0.2) is 53.6 Å². The van der Waals surface area contributed by atoms with Gasteiger partial charge in [-0.2, -0.15) is 0 Å². The number of nitrogens with one attached hydrogen (secondary N) is 1. The second-order valence-corrected chi connectivity index (χ2v) is 6.93. The third kappa shape index (κ3) is 5.94. The van der Waals surface area contributed by atoms with Gasteiger partial charge < -0.3 is 29.4 Å². The van der Waals surface area contributed by atoms with Crippen molar-refractivity contribution in [1.29, 1.82) is 0 Å². The van der Waals surface area contributed by atoms with Gasteiger partial charge in [-0.3, -0.25) is 0 Å². The number of methoxy groups -OCH3 is 1. The van der Waals surface area contributed by atoms with Crippen LogP contribution in [-0.2, 0) is 33.3 Å². The summed E-state index contributed by atoms with van der Waals surface area (Å²) in [5.74, 6) is -5.40. The highest BCUT2D eigenvalue weighted by atomic mass is 16.7. The van der Waals surface area contributed by atoms with Crippen molar-refractivity contribution < 1.29 is 43.2 Å². The maximum atomic E-state index is 11.9. The van der Waals surface area contributed by atoms with Gasteiger partial charge in [0.25, 0.3) is 5.79 Å². The van der Waals surface area contributed by atoms with E-state index < -0.39 is 59.2 Å². The van der Waals surface area contributed by atoms with Crippen molar-refractivity contribution in [3.05, 3.63) is 11.3 Å². The number of aliphatic hydroxyl groups is 1. The summed E-state index contributed by atoms with van der Waals surface area (Å²) in [7, 11) is 1.07. The fourth-order valence-electron chi connectivity index (χ4n) is 1.97. The molecule has 0 saturated carbocycles. The predicted molar refractivity (Wildman–Crippen MR) is 85.7 cm³/mol. The van der Waals surface area contributed by atoms with Gasteiger partial charge in [-0.15, -0.1) is 0 Å².